The summed E-state index contributed by atoms with van der Waals surface area (Å²) in [6.45, 7) is 2.06. The number of fused-ring (bicyclic) bond motifs is 1. The van der Waals surface area contributed by atoms with Gasteiger partial charge in [0.1, 0.15) is 4.99 Å². The van der Waals surface area contributed by atoms with Crippen molar-refractivity contribution < 1.29 is 0 Å². The molecule has 7 heteroatoms. The van der Waals surface area contributed by atoms with E-state index >= 15 is 0 Å². The van der Waals surface area contributed by atoms with Gasteiger partial charge in [0.05, 0.1) is 22.0 Å². The third kappa shape index (κ3) is 2.45. The summed E-state index contributed by atoms with van der Waals surface area (Å²) in [5.74, 6) is 0.524. The second-order valence-corrected chi connectivity index (χ2v) is 5.74. The molecule has 2 heterocycles. The monoisotopic (exact) mass is 301 g/mol. The summed E-state index contributed by atoms with van der Waals surface area (Å²) in [7, 11) is 0. The number of thiocarbonyl (C=S) groups is 1. The van der Waals surface area contributed by atoms with Crippen molar-refractivity contribution in [1.29, 1.82) is 0 Å². The van der Waals surface area contributed by atoms with Gasteiger partial charge in [-0.3, -0.25) is 0 Å². The van der Waals surface area contributed by atoms with E-state index in [0.29, 0.717) is 11.4 Å². The molecule has 0 saturated carbocycles. The molecule has 0 atom stereocenters. The first-order valence-electron chi connectivity index (χ1n) is 5.89. The molecule has 0 aliphatic heterocycles. The molecule has 3 rings (SSSR count). The Balaban J connectivity index is 1.99. The maximum atomic E-state index is 5.67. The van der Waals surface area contributed by atoms with Crippen LogP contribution in [0.15, 0.2) is 30.5 Å². The van der Waals surface area contributed by atoms with Crippen molar-refractivity contribution in [2.75, 3.05) is 5.32 Å². The van der Waals surface area contributed by atoms with Gasteiger partial charge in [-0.2, -0.15) is 5.10 Å². The number of thiazole rings is 1. The maximum Gasteiger partial charge on any atom is 0.189 e. The minimum atomic E-state index is 0.277. The highest BCUT2D eigenvalue weighted by Gasteiger charge is 2.10. The Morgan fingerprint density at radius 1 is 1.35 bits per heavy atom. The van der Waals surface area contributed by atoms with Crippen LogP contribution in [0.5, 0.6) is 0 Å². The minimum absolute atomic E-state index is 0.277. The predicted molar refractivity (Wildman–Crippen MR) is 85.6 cm³/mol. The highest BCUT2D eigenvalue weighted by molar-refractivity contribution is 7.80. The first-order chi connectivity index (χ1) is 9.63. The molecule has 5 nitrogen and oxygen atoms in total. The SMILES string of the molecule is Cc1ccc2nc(Nc3nnccc3C(N)=S)sc2c1. The average molecular weight is 301 g/mol. The molecule has 0 unspecified atom stereocenters. The Hall–Kier alpha value is -2.12. The summed E-state index contributed by atoms with van der Waals surface area (Å²) in [5, 5.41) is 11.7. The van der Waals surface area contributed by atoms with Crippen LogP contribution in [0.2, 0.25) is 0 Å². The van der Waals surface area contributed by atoms with Gasteiger partial charge in [0.15, 0.2) is 10.9 Å². The van der Waals surface area contributed by atoms with E-state index in [0.717, 1.165) is 15.3 Å². The Bertz CT molecular complexity index is 796. The van der Waals surface area contributed by atoms with Crippen LogP contribution in [0.4, 0.5) is 10.9 Å². The van der Waals surface area contributed by atoms with Crippen molar-refractivity contribution in [3.05, 3.63) is 41.6 Å². The van der Waals surface area contributed by atoms with Crippen molar-refractivity contribution in [2.45, 2.75) is 6.92 Å². The van der Waals surface area contributed by atoms with Crippen LogP contribution in [0.3, 0.4) is 0 Å². The van der Waals surface area contributed by atoms with Gasteiger partial charge < -0.3 is 11.1 Å². The van der Waals surface area contributed by atoms with Gasteiger partial charge in [0.2, 0.25) is 0 Å². The van der Waals surface area contributed by atoms with Crippen LogP contribution in [0.25, 0.3) is 10.2 Å². The molecule has 20 heavy (non-hydrogen) atoms. The lowest BCUT2D eigenvalue weighted by molar-refractivity contribution is 1.03. The van der Waals surface area contributed by atoms with E-state index in [4.69, 9.17) is 18.0 Å². The summed E-state index contributed by atoms with van der Waals surface area (Å²) in [6, 6.07) is 7.87. The van der Waals surface area contributed by atoms with Gasteiger partial charge in [-0.25, -0.2) is 4.98 Å². The standard InChI is InChI=1S/C13H11N5S2/c1-7-2-3-9-10(6-7)20-13(16-9)17-12-8(11(14)19)4-5-15-18-12/h2-6H,1H3,(H2,14,19)(H,16,17,18). The van der Waals surface area contributed by atoms with Gasteiger partial charge in [-0.1, -0.05) is 29.6 Å². The van der Waals surface area contributed by atoms with Crippen molar-refractivity contribution in [3.8, 4) is 0 Å². The van der Waals surface area contributed by atoms with Crippen molar-refractivity contribution in [1.82, 2.24) is 15.2 Å². The lowest BCUT2D eigenvalue weighted by Crippen LogP contribution is -2.13. The quantitative estimate of drug-likeness (QED) is 0.724. The first kappa shape index (κ1) is 12.9. The topological polar surface area (TPSA) is 76.7 Å². The number of rotatable bonds is 3. The zero-order chi connectivity index (χ0) is 14.1. The van der Waals surface area contributed by atoms with Crippen molar-refractivity contribution >= 4 is 49.7 Å². The molecule has 0 fully saturated rings. The zero-order valence-corrected chi connectivity index (χ0v) is 12.3. The number of anilines is 2. The second-order valence-electron chi connectivity index (χ2n) is 4.27. The molecule has 0 amide bonds. The van der Waals surface area contributed by atoms with Crippen LogP contribution in [-0.4, -0.2) is 20.2 Å². The largest absolute Gasteiger partial charge is 0.389 e. The molecule has 0 aliphatic carbocycles. The number of hydrogen-bond acceptors (Lipinski definition) is 6. The molecule has 3 N–H and O–H groups in total. The lowest BCUT2D eigenvalue weighted by atomic mass is 10.2. The van der Waals surface area contributed by atoms with E-state index in [9.17, 15) is 0 Å². The van der Waals surface area contributed by atoms with Crippen LogP contribution in [0, 0.1) is 6.92 Å². The summed E-state index contributed by atoms with van der Waals surface area (Å²) >= 11 is 6.55. The molecule has 0 saturated heterocycles. The van der Waals surface area contributed by atoms with Crippen LogP contribution < -0.4 is 11.1 Å². The lowest BCUT2D eigenvalue weighted by Gasteiger charge is -2.05. The summed E-state index contributed by atoms with van der Waals surface area (Å²) in [4.78, 5) is 4.78. The van der Waals surface area contributed by atoms with Gasteiger partial charge in [-0.15, -0.1) is 5.10 Å². The third-order valence-electron chi connectivity index (χ3n) is 2.76. The van der Waals surface area contributed by atoms with E-state index in [-0.39, 0.29) is 4.99 Å². The molecule has 0 aliphatic rings. The van der Waals surface area contributed by atoms with Crippen molar-refractivity contribution in [2.24, 2.45) is 5.73 Å². The van der Waals surface area contributed by atoms with E-state index < -0.39 is 0 Å². The Morgan fingerprint density at radius 3 is 3.00 bits per heavy atom. The molecule has 3 aromatic rings. The van der Waals surface area contributed by atoms with E-state index in [1.54, 1.807) is 23.6 Å². The first-order valence-corrected chi connectivity index (χ1v) is 7.11. The van der Waals surface area contributed by atoms with E-state index in [2.05, 4.69) is 33.5 Å². The van der Waals surface area contributed by atoms with Gasteiger partial charge in [-0.05, 0) is 30.7 Å². The molecule has 0 radical (unpaired) electrons. The number of aromatic nitrogens is 3. The minimum Gasteiger partial charge on any atom is -0.389 e. The highest BCUT2D eigenvalue weighted by atomic mass is 32.1. The molecule has 1 aromatic carbocycles. The van der Waals surface area contributed by atoms with Crippen molar-refractivity contribution in [3.63, 3.8) is 0 Å². The van der Waals surface area contributed by atoms with E-state index in [1.807, 2.05) is 12.1 Å². The number of nitrogens with one attached hydrogen (secondary N) is 1. The van der Waals surface area contributed by atoms with Crippen LogP contribution >= 0.6 is 23.6 Å². The average Bonchev–Trinajstić information content (AvgIpc) is 2.80. The molecule has 0 spiro atoms. The normalized spacial score (nSPS) is 10.7. The molecular formula is C13H11N5S2. The fourth-order valence-corrected chi connectivity index (χ4v) is 2.94. The third-order valence-corrected chi connectivity index (χ3v) is 3.91. The fourth-order valence-electron chi connectivity index (χ4n) is 1.81. The van der Waals surface area contributed by atoms with Gasteiger partial charge in [0.25, 0.3) is 0 Å². The fraction of sp³-hybridized carbons (Fsp3) is 0.0769. The zero-order valence-electron chi connectivity index (χ0n) is 10.6. The molecular weight excluding hydrogens is 290 g/mol. The Morgan fingerprint density at radius 2 is 2.20 bits per heavy atom. The summed E-state index contributed by atoms with van der Waals surface area (Å²) < 4.78 is 1.12. The highest BCUT2D eigenvalue weighted by Crippen LogP contribution is 2.29. The smallest absolute Gasteiger partial charge is 0.189 e. The summed E-state index contributed by atoms with van der Waals surface area (Å²) in [6.07, 6.45) is 1.56. The van der Waals surface area contributed by atoms with Crippen LogP contribution in [0.1, 0.15) is 11.1 Å². The Kier molecular flexibility index (Phi) is 3.29. The summed E-state index contributed by atoms with van der Waals surface area (Å²) in [5.41, 5.74) is 8.48. The van der Waals surface area contributed by atoms with E-state index in [1.165, 1.54) is 5.56 Å². The van der Waals surface area contributed by atoms with Gasteiger partial charge >= 0.3 is 0 Å². The molecule has 0 bridgehead atoms. The molecule has 100 valence electrons. The number of nitrogens with two attached hydrogens (primary N) is 1. The second kappa shape index (κ2) is 5.10. The predicted octanol–water partition coefficient (Wildman–Crippen LogP) is 2.77. The molecule has 2 aromatic heterocycles. The number of aryl methyl sites for hydroxylation is 1. The maximum absolute atomic E-state index is 5.67. The van der Waals surface area contributed by atoms with Gasteiger partial charge in [0, 0.05) is 0 Å². The number of hydrogen-bond donors (Lipinski definition) is 2. The Labute approximate surface area is 124 Å². The number of nitrogens with zero attached hydrogens (tertiary/aromatic N) is 3. The number of benzene rings is 1. The van der Waals surface area contributed by atoms with Crippen LogP contribution in [-0.2, 0) is 0 Å².